The summed E-state index contributed by atoms with van der Waals surface area (Å²) in [5.74, 6) is -1.96. The summed E-state index contributed by atoms with van der Waals surface area (Å²) < 4.78 is 53.5. The van der Waals surface area contributed by atoms with Gasteiger partial charge in [0.15, 0.2) is 4.90 Å². The molecule has 2 rings (SSSR count). The summed E-state index contributed by atoms with van der Waals surface area (Å²) in [4.78, 5) is -0.831. The molecule has 0 spiro atoms. The summed E-state index contributed by atoms with van der Waals surface area (Å²) in [6.45, 7) is 4.03. The van der Waals surface area contributed by atoms with Crippen LogP contribution >= 0.6 is 0 Å². The molecule has 0 bridgehead atoms. The van der Waals surface area contributed by atoms with E-state index >= 15 is 0 Å². The normalized spacial score (nSPS) is 16.3. The van der Waals surface area contributed by atoms with Crippen molar-refractivity contribution in [2.75, 3.05) is 6.54 Å². The molecule has 1 aromatic rings. The lowest BCUT2D eigenvalue weighted by Crippen LogP contribution is -2.37. The van der Waals surface area contributed by atoms with Crippen LogP contribution in [0.2, 0.25) is 0 Å². The van der Waals surface area contributed by atoms with Crippen LogP contribution in [-0.2, 0) is 10.0 Å². The number of benzene rings is 1. The van der Waals surface area contributed by atoms with E-state index in [1.54, 1.807) is 0 Å². The molecule has 1 aliphatic carbocycles. The van der Waals surface area contributed by atoms with Crippen LogP contribution in [0.25, 0.3) is 0 Å². The van der Waals surface area contributed by atoms with Gasteiger partial charge in [0.1, 0.15) is 11.6 Å². The number of hydrogen-bond acceptors (Lipinski definition) is 2. The van der Waals surface area contributed by atoms with Gasteiger partial charge in [0.25, 0.3) is 0 Å². The van der Waals surface area contributed by atoms with Gasteiger partial charge in [-0.05, 0) is 30.9 Å². The van der Waals surface area contributed by atoms with Crippen LogP contribution in [-0.4, -0.2) is 25.3 Å². The van der Waals surface area contributed by atoms with Crippen LogP contribution < -0.4 is 0 Å². The standard InChI is InChI=1S/C13H17F2NO2S/c1-9(2)8-16(10-6-7-10)19(17,18)13-11(14)4-3-5-12(13)15/h3-5,9-10H,6-8H2,1-2H3. The fourth-order valence-corrected chi connectivity index (χ4v) is 3.97. The molecule has 19 heavy (non-hydrogen) atoms. The molecule has 0 heterocycles. The van der Waals surface area contributed by atoms with E-state index in [2.05, 4.69) is 0 Å². The molecule has 0 unspecified atom stereocenters. The lowest BCUT2D eigenvalue weighted by Gasteiger charge is -2.24. The molecular formula is C13H17F2NO2S. The first-order valence-corrected chi connectivity index (χ1v) is 7.74. The van der Waals surface area contributed by atoms with E-state index in [1.165, 1.54) is 4.31 Å². The third kappa shape index (κ3) is 2.95. The van der Waals surface area contributed by atoms with E-state index in [0.29, 0.717) is 0 Å². The summed E-state index contributed by atoms with van der Waals surface area (Å²) in [6.07, 6.45) is 1.50. The smallest absolute Gasteiger partial charge is 0.207 e. The molecule has 6 heteroatoms. The third-order valence-corrected chi connectivity index (χ3v) is 4.96. The Morgan fingerprint density at radius 1 is 1.26 bits per heavy atom. The number of halogens is 2. The second kappa shape index (κ2) is 5.17. The Labute approximate surface area is 112 Å². The summed E-state index contributed by atoms with van der Waals surface area (Å²) >= 11 is 0. The maximum Gasteiger partial charge on any atom is 0.249 e. The molecule has 0 radical (unpaired) electrons. The van der Waals surface area contributed by atoms with Crippen LogP contribution in [0.4, 0.5) is 8.78 Å². The average Bonchev–Trinajstić information content (AvgIpc) is 3.08. The van der Waals surface area contributed by atoms with E-state index in [9.17, 15) is 17.2 Å². The average molecular weight is 289 g/mol. The molecule has 1 fully saturated rings. The summed E-state index contributed by atoms with van der Waals surface area (Å²) in [5.41, 5.74) is 0. The van der Waals surface area contributed by atoms with Crippen molar-refractivity contribution in [3.8, 4) is 0 Å². The Morgan fingerprint density at radius 3 is 2.21 bits per heavy atom. The van der Waals surface area contributed by atoms with E-state index in [1.807, 2.05) is 13.8 Å². The largest absolute Gasteiger partial charge is 0.249 e. The highest BCUT2D eigenvalue weighted by molar-refractivity contribution is 7.89. The Bertz CT molecular complexity index is 548. The highest BCUT2D eigenvalue weighted by Gasteiger charge is 2.40. The minimum atomic E-state index is -4.11. The second-order valence-electron chi connectivity index (χ2n) is 5.25. The first-order valence-electron chi connectivity index (χ1n) is 6.30. The van der Waals surface area contributed by atoms with Crippen LogP contribution in [0, 0.1) is 17.6 Å². The second-order valence-corrected chi connectivity index (χ2v) is 7.08. The number of hydrogen-bond donors (Lipinski definition) is 0. The van der Waals surface area contributed by atoms with Crippen molar-refractivity contribution in [2.45, 2.75) is 37.6 Å². The van der Waals surface area contributed by atoms with Crippen molar-refractivity contribution in [3.63, 3.8) is 0 Å². The zero-order valence-corrected chi connectivity index (χ0v) is 11.8. The Balaban J connectivity index is 2.45. The Hall–Kier alpha value is -1.01. The molecule has 0 amide bonds. The van der Waals surface area contributed by atoms with Crippen LogP contribution in [0.15, 0.2) is 23.1 Å². The summed E-state index contributed by atoms with van der Waals surface area (Å²) in [5, 5.41) is 0. The van der Waals surface area contributed by atoms with E-state index in [-0.39, 0.29) is 18.5 Å². The van der Waals surface area contributed by atoms with Crippen molar-refractivity contribution >= 4 is 10.0 Å². The van der Waals surface area contributed by atoms with Crippen LogP contribution in [0.1, 0.15) is 26.7 Å². The van der Waals surface area contributed by atoms with Gasteiger partial charge in [0.2, 0.25) is 10.0 Å². The lowest BCUT2D eigenvalue weighted by molar-refractivity contribution is 0.355. The first kappa shape index (κ1) is 14.4. The van der Waals surface area contributed by atoms with E-state index in [0.717, 1.165) is 31.0 Å². The monoisotopic (exact) mass is 289 g/mol. The Kier molecular flexibility index (Phi) is 3.92. The molecule has 1 aliphatic rings. The zero-order chi connectivity index (χ0) is 14.2. The van der Waals surface area contributed by atoms with Crippen molar-refractivity contribution in [2.24, 2.45) is 5.92 Å². The van der Waals surface area contributed by atoms with Gasteiger partial charge in [-0.25, -0.2) is 17.2 Å². The number of sulfonamides is 1. The van der Waals surface area contributed by atoms with Gasteiger partial charge in [-0.2, -0.15) is 4.31 Å². The molecule has 0 aromatic heterocycles. The lowest BCUT2D eigenvalue weighted by atomic mass is 10.2. The maximum atomic E-state index is 13.7. The topological polar surface area (TPSA) is 37.4 Å². The van der Waals surface area contributed by atoms with Gasteiger partial charge in [0.05, 0.1) is 0 Å². The zero-order valence-electron chi connectivity index (χ0n) is 10.9. The molecule has 0 saturated heterocycles. The van der Waals surface area contributed by atoms with Gasteiger partial charge >= 0.3 is 0 Å². The highest BCUT2D eigenvalue weighted by atomic mass is 32.2. The minimum Gasteiger partial charge on any atom is -0.207 e. The van der Waals surface area contributed by atoms with E-state index < -0.39 is 26.6 Å². The van der Waals surface area contributed by atoms with Gasteiger partial charge in [-0.15, -0.1) is 0 Å². The SMILES string of the molecule is CC(C)CN(C1CC1)S(=O)(=O)c1c(F)cccc1F. The van der Waals surface area contributed by atoms with Gasteiger partial charge in [-0.3, -0.25) is 0 Å². The molecular weight excluding hydrogens is 272 g/mol. The summed E-state index contributed by atoms with van der Waals surface area (Å²) in [7, 11) is -4.11. The molecule has 3 nitrogen and oxygen atoms in total. The molecule has 0 aliphatic heterocycles. The molecule has 0 atom stereocenters. The number of rotatable bonds is 5. The third-order valence-electron chi connectivity index (χ3n) is 2.98. The number of nitrogens with zero attached hydrogens (tertiary/aromatic N) is 1. The van der Waals surface area contributed by atoms with Crippen molar-refractivity contribution in [1.29, 1.82) is 0 Å². The minimum absolute atomic E-state index is 0.102. The highest BCUT2D eigenvalue weighted by Crippen LogP contribution is 2.34. The molecule has 1 saturated carbocycles. The maximum absolute atomic E-state index is 13.7. The van der Waals surface area contributed by atoms with Crippen LogP contribution in [0.3, 0.4) is 0 Å². The van der Waals surface area contributed by atoms with Gasteiger partial charge in [-0.1, -0.05) is 19.9 Å². The first-order chi connectivity index (χ1) is 8.84. The fraction of sp³-hybridized carbons (Fsp3) is 0.538. The fourth-order valence-electron chi connectivity index (χ4n) is 2.01. The van der Waals surface area contributed by atoms with Crippen molar-refractivity contribution < 1.29 is 17.2 Å². The predicted molar refractivity (Wildman–Crippen MR) is 68.1 cm³/mol. The predicted octanol–water partition coefficient (Wildman–Crippen LogP) is 2.77. The van der Waals surface area contributed by atoms with Crippen LogP contribution in [0.5, 0.6) is 0 Å². The van der Waals surface area contributed by atoms with Gasteiger partial charge in [0, 0.05) is 12.6 Å². The van der Waals surface area contributed by atoms with Gasteiger partial charge < -0.3 is 0 Å². The summed E-state index contributed by atoms with van der Waals surface area (Å²) in [6, 6.07) is 2.98. The molecule has 0 N–H and O–H groups in total. The molecule has 106 valence electrons. The molecule has 1 aromatic carbocycles. The van der Waals surface area contributed by atoms with Crippen molar-refractivity contribution in [1.82, 2.24) is 4.31 Å². The quantitative estimate of drug-likeness (QED) is 0.836. The Morgan fingerprint density at radius 2 is 1.79 bits per heavy atom. The van der Waals surface area contributed by atoms with Crippen molar-refractivity contribution in [3.05, 3.63) is 29.8 Å². The van der Waals surface area contributed by atoms with E-state index in [4.69, 9.17) is 0 Å².